The van der Waals surface area contributed by atoms with Gasteiger partial charge in [0.1, 0.15) is 0 Å². The molecule has 7 nitrogen and oxygen atoms in total. The molecule has 0 aliphatic heterocycles. The SMILES string of the molecule is CNC(=O)C(C)/C(N=[N+]=[N-])=N\O. The summed E-state index contributed by atoms with van der Waals surface area (Å²) < 4.78 is 0. The van der Waals surface area contributed by atoms with E-state index in [1.54, 1.807) is 0 Å². The zero-order valence-electron chi connectivity index (χ0n) is 6.72. The predicted molar refractivity (Wildman–Crippen MR) is 41.6 cm³/mol. The molecule has 0 saturated heterocycles. The minimum absolute atomic E-state index is 0.253. The lowest BCUT2D eigenvalue weighted by molar-refractivity contribution is -0.122. The van der Waals surface area contributed by atoms with Gasteiger partial charge in [-0.05, 0) is 17.6 Å². The third kappa shape index (κ3) is 2.47. The molecule has 0 aliphatic rings. The van der Waals surface area contributed by atoms with E-state index in [4.69, 9.17) is 10.7 Å². The van der Waals surface area contributed by atoms with Crippen LogP contribution in [0.1, 0.15) is 6.92 Å². The van der Waals surface area contributed by atoms with Gasteiger partial charge in [-0.15, -0.1) is 0 Å². The Balaban J connectivity index is 4.54. The number of amides is 1. The van der Waals surface area contributed by atoms with E-state index in [1.807, 2.05) is 0 Å². The smallest absolute Gasteiger partial charge is 0.228 e. The molecule has 0 heterocycles. The summed E-state index contributed by atoms with van der Waals surface area (Å²) in [5, 5.41) is 16.4. The standard InChI is InChI=1S/C5H9N5O2/c1-3(5(11)7-2)4(9-12)8-10-6/h3,12H,1-2H3,(H,7,11)/b9-4+. The summed E-state index contributed by atoms with van der Waals surface area (Å²) in [5.74, 6) is -1.39. The van der Waals surface area contributed by atoms with Gasteiger partial charge in [0, 0.05) is 12.0 Å². The van der Waals surface area contributed by atoms with Gasteiger partial charge in [0.25, 0.3) is 0 Å². The molecule has 66 valence electrons. The third-order valence-corrected chi connectivity index (χ3v) is 1.28. The first-order valence-electron chi connectivity index (χ1n) is 3.16. The van der Waals surface area contributed by atoms with Crippen LogP contribution in [0.4, 0.5) is 0 Å². The molecule has 12 heavy (non-hydrogen) atoms. The van der Waals surface area contributed by atoms with Gasteiger partial charge in [-0.25, -0.2) is 0 Å². The van der Waals surface area contributed by atoms with Crippen LogP contribution in [-0.4, -0.2) is 24.0 Å². The van der Waals surface area contributed by atoms with E-state index in [9.17, 15) is 4.79 Å². The molecule has 1 unspecified atom stereocenters. The quantitative estimate of drug-likeness (QED) is 0.120. The lowest BCUT2D eigenvalue weighted by Gasteiger charge is -2.05. The Kier molecular flexibility index (Phi) is 4.25. The van der Waals surface area contributed by atoms with E-state index >= 15 is 0 Å². The van der Waals surface area contributed by atoms with Crippen molar-refractivity contribution >= 4 is 11.7 Å². The summed E-state index contributed by atoms with van der Waals surface area (Å²) in [6.07, 6.45) is 0. The molecular formula is C5H9N5O2. The Morgan fingerprint density at radius 3 is 2.67 bits per heavy atom. The van der Waals surface area contributed by atoms with Gasteiger partial charge in [0.15, 0.2) is 5.84 Å². The first-order valence-corrected chi connectivity index (χ1v) is 3.16. The number of oxime groups is 1. The van der Waals surface area contributed by atoms with Crippen LogP contribution in [0, 0.1) is 5.92 Å². The number of hydrogen-bond donors (Lipinski definition) is 2. The molecule has 0 aromatic rings. The minimum atomic E-state index is -0.754. The topological polar surface area (TPSA) is 110 Å². The lowest BCUT2D eigenvalue weighted by atomic mass is 10.1. The van der Waals surface area contributed by atoms with Crippen LogP contribution >= 0.6 is 0 Å². The Labute approximate surface area is 68.7 Å². The van der Waals surface area contributed by atoms with E-state index in [2.05, 4.69) is 20.5 Å². The predicted octanol–water partition coefficient (Wildman–Crippen LogP) is 0.466. The Bertz CT molecular complexity index is 242. The molecule has 0 rings (SSSR count). The molecule has 0 radical (unpaired) electrons. The van der Waals surface area contributed by atoms with Crippen molar-refractivity contribution in [3.05, 3.63) is 10.4 Å². The van der Waals surface area contributed by atoms with Crippen LogP contribution in [0.2, 0.25) is 0 Å². The number of azide groups is 1. The van der Waals surface area contributed by atoms with Crippen LogP contribution < -0.4 is 5.32 Å². The summed E-state index contributed by atoms with van der Waals surface area (Å²) in [6.45, 7) is 1.46. The zero-order chi connectivity index (χ0) is 9.56. The fourth-order valence-corrected chi connectivity index (χ4v) is 0.573. The second kappa shape index (κ2) is 4.97. The van der Waals surface area contributed by atoms with Gasteiger partial charge < -0.3 is 10.5 Å². The molecule has 1 amide bonds. The van der Waals surface area contributed by atoms with Crippen LogP contribution in [-0.2, 0) is 4.79 Å². The number of amidine groups is 1. The highest BCUT2D eigenvalue weighted by Gasteiger charge is 2.17. The average Bonchev–Trinajstić information content (AvgIpc) is 2.11. The van der Waals surface area contributed by atoms with E-state index in [0.29, 0.717) is 0 Å². The van der Waals surface area contributed by atoms with Gasteiger partial charge in [-0.1, -0.05) is 5.16 Å². The minimum Gasteiger partial charge on any atom is -0.411 e. The second-order valence-electron chi connectivity index (χ2n) is 1.98. The number of nitrogens with one attached hydrogen (secondary N) is 1. The second-order valence-corrected chi connectivity index (χ2v) is 1.98. The molecule has 0 aliphatic carbocycles. The van der Waals surface area contributed by atoms with Crippen molar-refractivity contribution in [2.75, 3.05) is 7.05 Å². The first kappa shape index (κ1) is 10.2. The van der Waals surface area contributed by atoms with Crippen LogP contribution in [0.5, 0.6) is 0 Å². The van der Waals surface area contributed by atoms with Crippen LogP contribution in [0.3, 0.4) is 0 Å². The molecule has 7 heteroatoms. The van der Waals surface area contributed by atoms with Crippen molar-refractivity contribution in [1.82, 2.24) is 5.32 Å². The number of carbonyl (C=O) groups excluding carboxylic acids is 1. The zero-order valence-corrected chi connectivity index (χ0v) is 6.72. The van der Waals surface area contributed by atoms with E-state index < -0.39 is 5.92 Å². The summed E-state index contributed by atoms with van der Waals surface area (Å²) in [7, 11) is 1.43. The van der Waals surface area contributed by atoms with Gasteiger partial charge in [0.05, 0.1) is 5.92 Å². The average molecular weight is 171 g/mol. The lowest BCUT2D eigenvalue weighted by Crippen LogP contribution is -2.30. The highest BCUT2D eigenvalue weighted by Crippen LogP contribution is 2.00. The van der Waals surface area contributed by atoms with Crippen LogP contribution in [0.15, 0.2) is 10.3 Å². The maximum atomic E-state index is 10.9. The Morgan fingerprint density at radius 1 is 1.75 bits per heavy atom. The van der Waals surface area contributed by atoms with E-state index in [0.717, 1.165) is 0 Å². The Morgan fingerprint density at radius 2 is 2.33 bits per heavy atom. The molecule has 0 spiro atoms. The van der Waals surface area contributed by atoms with Gasteiger partial charge in [-0.3, -0.25) is 4.79 Å². The van der Waals surface area contributed by atoms with Crippen LogP contribution in [0.25, 0.3) is 10.4 Å². The fourth-order valence-electron chi connectivity index (χ4n) is 0.573. The van der Waals surface area contributed by atoms with E-state index in [-0.39, 0.29) is 11.7 Å². The summed E-state index contributed by atoms with van der Waals surface area (Å²) in [5.41, 5.74) is 8.01. The number of carbonyl (C=O) groups is 1. The molecule has 0 aromatic carbocycles. The van der Waals surface area contributed by atoms with Crippen molar-refractivity contribution < 1.29 is 10.0 Å². The van der Waals surface area contributed by atoms with Crippen molar-refractivity contribution in [1.29, 1.82) is 0 Å². The molecule has 0 fully saturated rings. The van der Waals surface area contributed by atoms with Gasteiger partial charge >= 0.3 is 0 Å². The highest BCUT2D eigenvalue weighted by molar-refractivity contribution is 6.02. The number of hydrogen-bond acceptors (Lipinski definition) is 3. The summed E-state index contributed by atoms with van der Waals surface area (Å²) >= 11 is 0. The van der Waals surface area contributed by atoms with Crippen molar-refractivity contribution in [2.45, 2.75) is 6.92 Å². The normalized spacial score (nSPS) is 13.0. The molecule has 2 N–H and O–H groups in total. The highest BCUT2D eigenvalue weighted by atomic mass is 16.4. The Hall–Kier alpha value is -1.75. The third-order valence-electron chi connectivity index (χ3n) is 1.28. The molecule has 0 aromatic heterocycles. The first-order chi connectivity index (χ1) is 5.67. The molecular weight excluding hydrogens is 162 g/mol. The van der Waals surface area contributed by atoms with Crippen molar-refractivity contribution in [3.8, 4) is 0 Å². The van der Waals surface area contributed by atoms with Gasteiger partial charge in [0.2, 0.25) is 5.91 Å². The fraction of sp³-hybridized carbons (Fsp3) is 0.600. The molecule has 0 bridgehead atoms. The molecule has 0 saturated carbocycles. The van der Waals surface area contributed by atoms with Crippen molar-refractivity contribution in [2.24, 2.45) is 16.2 Å². The van der Waals surface area contributed by atoms with E-state index in [1.165, 1.54) is 14.0 Å². The van der Waals surface area contributed by atoms with Gasteiger partial charge in [-0.2, -0.15) is 0 Å². The largest absolute Gasteiger partial charge is 0.411 e. The summed E-state index contributed by atoms with van der Waals surface area (Å²) in [4.78, 5) is 13.3. The van der Waals surface area contributed by atoms with Crippen molar-refractivity contribution in [3.63, 3.8) is 0 Å². The maximum absolute atomic E-state index is 10.9. The number of nitrogens with zero attached hydrogens (tertiary/aromatic N) is 4. The molecule has 1 atom stereocenters. The maximum Gasteiger partial charge on any atom is 0.228 e. The number of rotatable bonds is 2. The summed E-state index contributed by atoms with van der Waals surface area (Å²) in [6, 6.07) is 0. The monoisotopic (exact) mass is 171 g/mol.